The number of amides is 2. The summed E-state index contributed by atoms with van der Waals surface area (Å²) in [6, 6.07) is 11.4. The van der Waals surface area contributed by atoms with Gasteiger partial charge in [-0.1, -0.05) is 6.07 Å². The highest BCUT2D eigenvalue weighted by Gasteiger charge is 2.17. The van der Waals surface area contributed by atoms with Gasteiger partial charge < -0.3 is 19.8 Å². The molecule has 2 aromatic heterocycles. The van der Waals surface area contributed by atoms with Gasteiger partial charge >= 0.3 is 0 Å². The third-order valence-electron chi connectivity index (χ3n) is 5.26. The Balaban J connectivity index is 1.29. The second-order valence-corrected chi connectivity index (χ2v) is 8.16. The topological polar surface area (TPSA) is 93.5 Å². The van der Waals surface area contributed by atoms with Gasteiger partial charge in [0, 0.05) is 40.1 Å². The first-order chi connectivity index (χ1) is 15.1. The summed E-state index contributed by atoms with van der Waals surface area (Å²) in [5.41, 5.74) is 5.20. The Hall–Kier alpha value is -3.65. The fraction of sp³-hybridized carbons (Fsp3) is 0.174. The molecule has 0 saturated carbocycles. The molecule has 156 valence electrons. The van der Waals surface area contributed by atoms with Gasteiger partial charge in [0.2, 0.25) is 11.8 Å². The Morgan fingerprint density at radius 2 is 2.16 bits per heavy atom. The number of aromatic nitrogens is 1. The molecule has 0 spiro atoms. The van der Waals surface area contributed by atoms with Crippen molar-refractivity contribution in [2.24, 2.45) is 0 Å². The van der Waals surface area contributed by atoms with Gasteiger partial charge in [-0.25, -0.2) is 4.98 Å². The van der Waals surface area contributed by atoms with Gasteiger partial charge in [-0.3, -0.25) is 9.59 Å². The molecule has 1 aliphatic heterocycles. The number of carbonyl (C=O) groups excluding carboxylic acids is 2. The summed E-state index contributed by atoms with van der Waals surface area (Å²) >= 11 is 1.38. The van der Waals surface area contributed by atoms with Crippen LogP contribution in [0, 0.1) is 0 Å². The summed E-state index contributed by atoms with van der Waals surface area (Å²) in [4.78, 5) is 28.6. The maximum atomic E-state index is 12.6. The summed E-state index contributed by atoms with van der Waals surface area (Å²) in [5.74, 6) is 0.591. The highest BCUT2D eigenvalue weighted by molar-refractivity contribution is 7.14. The number of aryl methyl sites for hydroxylation is 1. The lowest BCUT2D eigenvalue weighted by Crippen LogP contribution is -2.18. The number of nitrogens with zero attached hydrogens (tertiary/aromatic N) is 1. The van der Waals surface area contributed by atoms with Gasteiger partial charge in [-0.05, 0) is 36.2 Å². The quantitative estimate of drug-likeness (QED) is 0.479. The Bertz CT molecular complexity index is 1310. The van der Waals surface area contributed by atoms with E-state index in [1.807, 2.05) is 35.7 Å². The van der Waals surface area contributed by atoms with Crippen LogP contribution in [0.1, 0.15) is 17.5 Å². The van der Waals surface area contributed by atoms with Crippen LogP contribution in [0.4, 0.5) is 10.8 Å². The Morgan fingerprint density at radius 3 is 3.03 bits per heavy atom. The number of hydrogen-bond acceptors (Lipinski definition) is 6. The van der Waals surface area contributed by atoms with Crippen molar-refractivity contribution in [2.75, 3.05) is 17.7 Å². The number of fused-ring (bicyclic) bond motifs is 2. The number of methoxy groups -OCH3 is 1. The minimum Gasteiger partial charge on any atom is -0.497 e. The molecule has 0 atom stereocenters. The third kappa shape index (κ3) is 3.89. The molecule has 8 heteroatoms. The number of benzene rings is 2. The van der Waals surface area contributed by atoms with Crippen LogP contribution >= 0.6 is 11.3 Å². The predicted octanol–water partition coefficient (Wildman–Crippen LogP) is 4.63. The summed E-state index contributed by atoms with van der Waals surface area (Å²) in [7, 11) is 1.60. The molecular formula is C23H19N3O4S. The molecule has 5 rings (SSSR count). The van der Waals surface area contributed by atoms with Gasteiger partial charge in [0.1, 0.15) is 11.3 Å². The lowest BCUT2D eigenvalue weighted by Gasteiger charge is -2.17. The van der Waals surface area contributed by atoms with Crippen molar-refractivity contribution in [3.8, 4) is 17.0 Å². The number of carbonyl (C=O) groups is 2. The zero-order valence-corrected chi connectivity index (χ0v) is 17.5. The smallest absolute Gasteiger partial charge is 0.230 e. The Labute approximate surface area is 182 Å². The van der Waals surface area contributed by atoms with Crippen molar-refractivity contribution in [1.82, 2.24) is 4.98 Å². The van der Waals surface area contributed by atoms with Crippen molar-refractivity contribution in [1.29, 1.82) is 0 Å². The number of ether oxygens (including phenoxy) is 1. The average molecular weight is 433 g/mol. The molecule has 3 heterocycles. The summed E-state index contributed by atoms with van der Waals surface area (Å²) in [6.45, 7) is 0. The fourth-order valence-corrected chi connectivity index (χ4v) is 4.41. The monoisotopic (exact) mass is 433 g/mol. The maximum Gasteiger partial charge on any atom is 0.230 e. The van der Waals surface area contributed by atoms with E-state index in [1.165, 1.54) is 11.3 Å². The second-order valence-electron chi connectivity index (χ2n) is 7.31. The number of furan rings is 1. The Morgan fingerprint density at radius 1 is 1.26 bits per heavy atom. The lowest BCUT2D eigenvalue weighted by molar-refractivity contribution is -0.116. The second kappa shape index (κ2) is 7.88. The Kier molecular flexibility index (Phi) is 4.91. The standard InChI is InChI=1S/C23H19N3O4S/c1-29-16-4-5-17-15(11-30-20(17)10-16)9-22(28)26-23-25-19(12-31-23)14-2-6-18-13(8-14)3-7-21(27)24-18/h2,4-6,8,10-12H,3,7,9H2,1H3,(H,24,27)(H,25,26,28). The van der Waals surface area contributed by atoms with Gasteiger partial charge in [0.25, 0.3) is 0 Å². The molecule has 0 saturated heterocycles. The summed E-state index contributed by atoms with van der Waals surface area (Å²) in [5, 5.41) is 9.10. The molecule has 0 fully saturated rings. The van der Waals surface area contributed by atoms with Gasteiger partial charge in [-0.15, -0.1) is 11.3 Å². The normalized spacial score (nSPS) is 13.0. The minimum absolute atomic E-state index is 0.0449. The van der Waals surface area contributed by atoms with Crippen LogP contribution in [0.2, 0.25) is 0 Å². The van der Waals surface area contributed by atoms with E-state index in [1.54, 1.807) is 19.4 Å². The van der Waals surface area contributed by atoms with Crippen LogP contribution in [0.5, 0.6) is 5.75 Å². The van der Waals surface area contributed by atoms with E-state index in [-0.39, 0.29) is 18.2 Å². The molecule has 2 aromatic carbocycles. The summed E-state index contributed by atoms with van der Waals surface area (Å²) in [6.07, 6.45) is 2.99. The van der Waals surface area contributed by atoms with E-state index in [9.17, 15) is 9.59 Å². The largest absolute Gasteiger partial charge is 0.497 e. The van der Waals surface area contributed by atoms with Gasteiger partial charge in [-0.2, -0.15) is 0 Å². The van der Waals surface area contributed by atoms with E-state index in [0.29, 0.717) is 29.3 Å². The first kappa shape index (κ1) is 19.3. The molecule has 2 N–H and O–H groups in total. The SMILES string of the molecule is COc1ccc2c(CC(=O)Nc3nc(-c4ccc5c(c4)CCC(=O)N5)cs3)coc2c1. The molecular weight excluding hydrogens is 414 g/mol. The van der Waals surface area contributed by atoms with Crippen LogP contribution < -0.4 is 15.4 Å². The molecule has 0 bridgehead atoms. The predicted molar refractivity (Wildman–Crippen MR) is 120 cm³/mol. The molecule has 0 aliphatic carbocycles. The number of nitrogens with one attached hydrogen (secondary N) is 2. The number of hydrogen-bond donors (Lipinski definition) is 2. The average Bonchev–Trinajstić information content (AvgIpc) is 3.40. The van der Waals surface area contributed by atoms with Crippen molar-refractivity contribution >= 4 is 44.9 Å². The first-order valence-corrected chi connectivity index (χ1v) is 10.7. The number of anilines is 2. The fourth-order valence-electron chi connectivity index (χ4n) is 3.67. The van der Waals surface area contributed by atoms with E-state index >= 15 is 0 Å². The molecule has 0 radical (unpaired) electrons. The zero-order valence-electron chi connectivity index (χ0n) is 16.7. The number of thiazole rings is 1. The highest BCUT2D eigenvalue weighted by Crippen LogP contribution is 2.31. The van der Waals surface area contributed by atoms with Crippen molar-refractivity contribution in [3.63, 3.8) is 0 Å². The maximum absolute atomic E-state index is 12.6. The van der Waals surface area contributed by atoms with Crippen molar-refractivity contribution < 1.29 is 18.7 Å². The van der Waals surface area contributed by atoms with Crippen LogP contribution in [-0.4, -0.2) is 23.9 Å². The molecule has 4 aromatic rings. The minimum atomic E-state index is -0.160. The molecule has 0 unspecified atom stereocenters. The zero-order chi connectivity index (χ0) is 21.4. The van der Waals surface area contributed by atoms with Crippen LogP contribution in [0.3, 0.4) is 0 Å². The molecule has 2 amide bonds. The third-order valence-corrected chi connectivity index (χ3v) is 6.02. The van der Waals surface area contributed by atoms with E-state index < -0.39 is 0 Å². The van der Waals surface area contributed by atoms with Gasteiger partial charge in [0.15, 0.2) is 5.13 Å². The lowest BCUT2D eigenvalue weighted by atomic mass is 9.99. The summed E-state index contributed by atoms with van der Waals surface area (Å²) < 4.78 is 10.8. The highest BCUT2D eigenvalue weighted by atomic mass is 32.1. The molecule has 31 heavy (non-hydrogen) atoms. The van der Waals surface area contributed by atoms with Crippen LogP contribution in [0.25, 0.3) is 22.2 Å². The molecule has 1 aliphatic rings. The van der Waals surface area contributed by atoms with Gasteiger partial charge in [0.05, 0.1) is 25.5 Å². The first-order valence-electron chi connectivity index (χ1n) is 9.82. The number of rotatable bonds is 5. The molecule has 7 nitrogen and oxygen atoms in total. The van der Waals surface area contributed by atoms with Crippen LogP contribution in [0.15, 0.2) is 52.5 Å². The van der Waals surface area contributed by atoms with Crippen molar-refractivity contribution in [3.05, 3.63) is 59.2 Å². The van der Waals surface area contributed by atoms with E-state index in [2.05, 4.69) is 15.6 Å². The van der Waals surface area contributed by atoms with Crippen molar-refractivity contribution in [2.45, 2.75) is 19.3 Å². The van der Waals surface area contributed by atoms with E-state index in [4.69, 9.17) is 9.15 Å². The van der Waals surface area contributed by atoms with E-state index in [0.717, 1.165) is 33.5 Å². The van der Waals surface area contributed by atoms with Crippen LogP contribution in [-0.2, 0) is 22.4 Å².